The minimum Gasteiger partial charge on any atom is -0.379 e. The Balaban J connectivity index is 1.41. The van der Waals surface area contributed by atoms with Gasteiger partial charge in [0.2, 0.25) is 10.0 Å². The van der Waals surface area contributed by atoms with Crippen LogP contribution in [0.1, 0.15) is 62.7 Å². The van der Waals surface area contributed by atoms with Crippen molar-refractivity contribution in [1.29, 1.82) is 0 Å². The van der Waals surface area contributed by atoms with Gasteiger partial charge < -0.3 is 10.1 Å². The van der Waals surface area contributed by atoms with Crippen LogP contribution in [0.2, 0.25) is 0 Å². The molecule has 0 bridgehead atoms. The van der Waals surface area contributed by atoms with Crippen LogP contribution in [0.4, 0.5) is 0 Å². The van der Waals surface area contributed by atoms with Crippen LogP contribution < -0.4 is 5.32 Å². The average molecular weight is 478 g/mol. The van der Waals surface area contributed by atoms with Crippen molar-refractivity contribution >= 4 is 15.9 Å². The molecule has 0 unspecified atom stereocenters. The molecule has 1 saturated carbocycles. The zero-order valence-electron chi connectivity index (χ0n) is 20.1. The molecule has 3 fully saturated rings. The number of ether oxygens (including phenoxy) is 1. The number of carbonyl (C=O) groups is 1. The number of benzene rings is 1. The van der Waals surface area contributed by atoms with Gasteiger partial charge in [0.1, 0.15) is 0 Å². The van der Waals surface area contributed by atoms with E-state index in [1.54, 1.807) is 28.6 Å². The third-order valence-corrected chi connectivity index (χ3v) is 9.48. The topological polar surface area (TPSA) is 79.0 Å². The zero-order valence-corrected chi connectivity index (χ0v) is 20.9. The van der Waals surface area contributed by atoms with Crippen molar-refractivity contribution < 1.29 is 17.9 Å². The van der Waals surface area contributed by atoms with E-state index >= 15 is 0 Å². The van der Waals surface area contributed by atoms with E-state index in [9.17, 15) is 13.2 Å². The summed E-state index contributed by atoms with van der Waals surface area (Å²) in [6, 6.07) is 6.43. The first-order valence-electron chi connectivity index (χ1n) is 12.5. The van der Waals surface area contributed by atoms with Gasteiger partial charge in [-0.25, -0.2) is 8.42 Å². The minimum atomic E-state index is -3.54. The molecule has 2 atom stereocenters. The fourth-order valence-corrected chi connectivity index (χ4v) is 7.61. The minimum absolute atomic E-state index is 0.00260. The normalized spacial score (nSPS) is 27.2. The maximum atomic E-state index is 13.1. The molecule has 1 N–H and O–H groups in total. The first-order valence-corrected chi connectivity index (χ1v) is 14.0. The van der Waals surface area contributed by atoms with Crippen LogP contribution in [0.15, 0.2) is 29.2 Å². The third-order valence-electron chi connectivity index (χ3n) is 7.63. The van der Waals surface area contributed by atoms with Crippen LogP contribution in [-0.4, -0.2) is 75.0 Å². The number of sulfonamides is 1. The standard InChI is InChI=1S/C25H39N3O4S/c1-20-16-21(2)18-28(17-20)33(30,31)23-8-6-22(7-9-23)24(29)26-19-25(10-4-3-5-11-25)27-12-14-32-15-13-27/h6-9,20-21H,3-5,10-19H2,1-2H3,(H,26,29)/t20-,21-/m1/s1. The maximum absolute atomic E-state index is 13.1. The van der Waals surface area contributed by atoms with E-state index in [0.717, 1.165) is 45.6 Å². The van der Waals surface area contributed by atoms with E-state index in [2.05, 4.69) is 24.1 Å². The predicted molar refractivity (Wildman–Crippen MR) is 129 cm³/mol. The van der Waals surface area contributed by atoms with Gasteiger partial charge in [-0.05, 0) is 55.4 Å². The third kappa shape index (κ3) is 5.61. The lowest BCUT2D eigenvalue weighted by Crippen LogP contribution is -2.59. The Morgan fingerprint density at radius 1 is 1.03 bits per heavy atom. The quantitative estimate of drug-likeness (QED) is 0.681. The van der Waals surface area contributed by atoms with E-state index in [1.807, 2.05) is 0 Å². The maximum Gasteiger partial charge on any atom is 0.251 e. The molecule has 7 nitrogen and oxygen atoms in total. The van der Waals surface area contributed by atoms with E-state index in [-0.39, 0.29) is 16.3 Å². The number of rotatable bonds is 6. The number of hydrogen-bond donors (Lipinski definition) is 1. The van der Waals surface area contributed by atoms with Crippen LogP contribution in [0.5, 0.6) is 0 Å². The van der Waals surface area contributed by atoms with Gasteiger partial charge in [-0.1, -0.05) is 33.1 Å². The molecule has 8 heteroatoms. The predicted octanol–water partition coefficient (Wildman–Crippen LogP) is 3.12. The van der Waals surface area contributed by atoms with E-state index in [0.29, 0.717) is 37.0 Å². The molecule has 4 rings (SSSR count). The molecule has 0 radical (unpaired) electrons. The number of nitrogens with one attached hydrogen (secondary N) is 1. The lowest BCUT2D eigenvalue weighted by molar-refractivity contribution is -0.0361. The highest BCUT2D eigenvalue weighted by Gasteiger charge is 2.39. The number of carbonyl (C=O) groups excluding carboxylic acids is 1. The van der Waals surface area contributed by atoms with Crippen molar-refractivity contribution in [2.75, 3.05) is 45.9 Å². The summed E-state index contributed by atoms with van der Waals surface area (Å²) in [5.74, 6) is 0.566. The number of amides is 1. The van der Waals surface area contributed by atoms with Crippen molar-refractivity contribution in [3.05, 3.63) is 29.8 Å². The van der Waals surface area contributed by atoms with Gasteiger partial charge in [-0.3, -0.25) is 9.69 Å². The molecule has 2 saturated heterocycles. The molecular weight excluding hydrogens is 438 g/mol. The highest BCUT2D eigenvalue weighted by Crippen LogP contribution is 2.34. The lowest BCUT2D eigenvalue weighted by Gasteiger charge is -2.48. The number of nitrogens with zero attached hydrogens (tertiary/aromatic N) is 2. The average Bonchev–Trinajstić information content (AvgIpc) is 2.83. The summed E-state index contributed by atoms with van der Waals surface area (Å²) in [5.41, 5.74) is 0.505. The summed E-state index contributed by atoms with van der Waals surface area (Å²) in [7, 11) is -3.54. The van der Waals surface area contributed by atoms with Crippen molar-refractivity contribution in [2.45, 2.75) is 62.8 Å². The highest BCUT2D eigenvalue weighted by molar-refractivity contribution is 7.89. The van der Waals surface area contributed by atoms with Crippen molar-refractivity contribution in [1.82, 2.24) is 14.5 Å². The first kappa shape index (κ1) is 24.6. The van der Waals surface area contributed by atoms with E-state index < -0.39 is 10.0 Å². The van der Waals surface area contributed by atoms with Gasteiger partial charge in [-0.2, -0.15) is 4.31 Å². The lowest BCUT2D eigenvalue weighted by atomic mass is 9.79. The van der Waals surface area contributed by atoms with Gasteiger partial charge in [0, 0.05) is 43.8 Å². The van der Waals surface area contributed by atoms with Gasteiger partial charge >= 0.3 is 0 Å². The Hall–Kier alpha value is -1.48. The summed E-state index contributed by atoms with van der Waals surface area (Å²) in [6.45, 7) is 9.25. The summed E-state index contributed by atoms with van der Waals surface area (Å²) >= 11 is 0. The van der Waals surface area contributed by atoms with Gasteiger partial charge in [-0.15, -0.1) is 0 Å². The molecule has 1 amide bonds. The zero-order chi connectivity index (χ0) is 23.5. The molecule has 1 aliphatic carbocycles. The van der Waals surface area contributed by atoms with Crippen LogP contribution in [-0.2, 0) is 14.8 Å². The van der Waals surface area contributed by atoms with Crippen LogP contribution in [0.3, 0.4) is 0 Å². The van der Waals surface area contributed by atoms with Gasteiger partial charge in [0.15, 0.2) is 0 Å². The number of morpholine rings is 1. The van der Waals surface area contributed by atoms with Gasteiger partial charge in [0.05, 0.1) is 18.1 Å². The summed E-state index contributed by atoms with van der Waals surface area (Å²) < 4.78 is 33.4. The fourth-order valence-electron chi connectivity index (χ4n) is 5.93. The van der Waals surface area contributed by atoms with Crippen molar-refractivity contribution in [2.24, 2.45) is 11.8 Å². The van der Waals surface area contributed by atoms with Crippen LogP contribution >= 0.6 is 0 Å². The van der Waals surface area contributed by atoms with Crippen molar-refractivity contribution in [3.63, 3.8) is 0 Å². The summed E-state index contributed by atoms with van der Waals surface area (Å²) in [5, 5.41) is 3.16. The molecule has 0 spiro atoms. The summed E-state index contributed by atoms with van der Waals surface area (Å²) in [6.07, 6.45) is 6.87. The Morgan fingerprint density at radius 2 is 1.64 bits per heavy atom. The number of hydrogen-bond acceptors (Lipinski definition) is 5. The Bertz CT molecular complexity index is 896. The molecule has 3 aliphatic rings. The molecule has 1 aromatic carbocycles. The van der Waals surface area contributed by atoms with Crippen LogP contribution in [0, 0.1) is 11.8 Å². The SMILES string of the molecule is C[C@@H]1C[C@@H](C)CN(S(=O)(=O)c2ccc(C(=O)NCC3(N4CCOCC4)CCCCC3)cc2)C1. The Labute approximate surface area is 198 Å². The summed E-state index contributed by atoms with van der Waals surface area (Å²) in [4.78, 5) is 15.7. The molecule has 2 aliphatic heterocycles. The molecular formula is C25H39N3O4S. The number of piperidine rings is 1. The van der Waals surface area contributed by atoms with E-state index in [4.69, 9.17) is 4.74 Å². The van der Waals surface area contributed by atoms with Crippen molar-refractivity contribution in [3.8, 4) is 0 Å². The second kappa shape index (κ2) is 10.4. The second-order valence-corrected chi connectivity index (χ2v) is 12.3. The molecule has 1 aromatic rings. The molecule has 0 aromatic heterocycles. The first-order chi connectivity index (χ1) is 15.8. The Morgan fingerprint density at radius 3 is 2.24 bits per heavy atom. The highest BCUT2D eigenvalue weighted by atomic mass is 32.2. The van der Waals surface area contributed by atoms with Gasteiger partial charge in [0.25, 0.3) is 5.91 Å². The smallest absolute Gasteiger partial charge is 0.251 e. The molecule has 33 heavy (non-hydrogen) atoms. The fraction of sp³-hybridized carbons (Fsp3) is 0.720. The second-order valence-electron chi connectivity index (χ2n) is 10.4. The largest absolute Gasteiger partial charge is 0.379 e. The monoisotopic (exact) mass is 477 g/mol. The Kier molecular flexibility index (Phi) is 7.78. The molecule has 2 heterocycles. The molecule has 184 valence electrons. The van der Waals surface area contributed by atoms with E-state index in [1.165, 1.54) is 19.3 Å². The van der Waals surface area contributed by atoms with Crippen LogP contribution in [0.25, 0.3) is 0 Å².